The normalized spacial score (nSPS) is 19.3. The van der Waals surface area contributed by atoms with Crippen LogP contribution in [0.5, 0.6) is 0 Å². The summed E-state index contributed by atoms with van der Waals surface area (Å²) in [5.41, 5.74) is 1.87. The van der Waals surface area contributed by atoms with Crippen molar-refractivity contribution in [1.82, 2.24) is 0 Å². The van der Waals surface area contributed by atoms with Gasteiger partial charge in [0, 0.05) is 17.4 Å². The number of para-hydroxylation sites is 1. The van der Waals surface area contributed by atoms with E-state index in [1.807, 2.05) is 24.3 Å². The van der Waals surface area contributed by atoms with Gasteiger partial charge < -0.3 is 5.84 Å². The molecule has 1 aliphatic rings. The molecule has 0 radical (unpaired) electrons. The van der Waals surface area contributed by atoms with Crippen molar-refractivity contribution >= 4 is 21.1 Å². The molecule has 0 saturated carbocycles. The van der Waals surface area contributed by atoms with E-state index in [0.717, 1.165) is 16.5 Å². The summed E-state index contributed by atoms with van der Waals surface area (Å²) in [7, 11) is -3.97. The molecule has 1 unspecified atom stereocenters. The average molecular weight is 276 g/mol. The molecule has 0 spiro atoms. The predicted molar refractivity (Wildman–Crippen MR) is 64.7 cm³/mol. The molecule has 3 rings (SSSR count). The monoisotopic (exact) mass is 276 g/mol. The first-order valence-electron chi connectivity index (χ1n) is 5.51. The Morgan fingerprint density at radius 1 is 1.33 bits per heavy atom. The van der Waals surface area contributed by atoms with Crippen molar-refractivity contribution in [2.45, 2.75) is 24.5 Å². The van der Waals surface area contributed by atoms with E-state index in [9.17, 15) is 8.42 Å². The van der Waals surface area contributed by atoms with Gasteiger partial charge in [-0.1, -0.05) is 18.2 Å². The average Bonchev–Trinajstić information content (AvgIpc) is 2.65. The molecule has 1 heterocycles. The van der Waals surface area contributed by atoms with Crippen LogP contribution >= 0.6 is 0 Å². The Kier molecular flexibility index (Phi) is 3.90. The Bertz CT molecular complexity index is 680. The number of rotatable bonds is 1. The molecule has 1 aromatic carbocycles. The maximum atomic E-state index is 11.1. The maximum absolute atomic E-state index is 11.1. The third-order valence-electron chi connectivity index (χ3n) is 3.33. The van der Waals surface area contributed by atoms with E-state index in [2.05, 4.69) is 0 Å². The molecule has 2 aromatic rings. The molecule has 1 aliphatic carbocycles. The zero-order valence-electron chi connectivity index (χ0n) is 11.1. The van der Waals surface area contributed by atoms with Gasteiger partial charge in [-0.2, -0.15) is 8.42 Å². The summed E-state index contributed by atoms with van der Waals surface area (Å²) < 4.78 is 37.0. The van der Waals surface area contributed by atoms with Crippen LogP contribution in [-0.4, -0.2) is 18.2 Å². The van der Waals surface area contributed by atoms with Gasteiger partial charge >= 0.3 is 29.6 Å². The topological polar surface area (TPSA) is 67.5 Å². The van der Waals surface area contributed by atoms with E-state index in [-0.39, 0.29) is 37.4 Å². The molecule has 18 heavy (non-hydrogen) atoms. The van der Waals surface area contributed by atoms with Crippen molar-refractivity contribution in [3.63, 3.8) is 0 Å². The van der Waals surface area contributed by atoms with E-state index in [1.54, 1.807) is 0 Å². The summed E-state index contributed by atoms with van der Waals surface area (Å²) in [5.74, 6) is 0.695. The second-order valence-electron chi connectivity index (χ2n) is 4.38. The van der Waals surface area contributed by atoms with E-state index in [0.29, 0.717) is 18.6 Å². The van der Waals surface area contributed by atoms with Crippen LogP contribution in [0.25, 0.3) is 11.0 Å². The minimum absolute atomic E-state index is 0. The predicted octanol–water partition coefficient (Wildman–Crippen LogP) is -0.706. The summed E-state index contributed by atoms with van der Waals surface area (Å²) in [5, 5.41) is 0.326. The van der Waals surface area contributed by atoms with Gasteiger partial charge in [0.15, 0.2) is 0 Å². The second kappa shape index (κ2) is 4.98. The molecule has 0 amide bonds. The minimum Gasteiger partial charge on any atom is -1.00 e. The molecule has 0 aliphatic heterocycles. The number of furan rings is 1. The van der Waals surface area contributed by atoms with Crippen LogP contribution in [0.15, 0.2) is 28.7 Å². The molecule has 1 atom stereocenters. The van der Waals surface area contributed by atoms with Crippen LogP contribution in [0.4, 0.5) is 0 Å². The Morgan fingerprint density at radius 3 is 2.78 bits per heavy atom. The standard InChI is InChI=1S/C12H12O4S.Na.H/c13-17(14,15)8-5-6-10-9-3-1-2-4-11(9)16-12(10)7-8;;/h1-4,8H,5-7H2,(H,13,14,15);;/q;+1;-1. The van der Waals surface area contributed by atoms with E-state index in [4.69, 9.17) is 8.97 Å². The van der Waals surface area contributed by atoms with Crippen LogP contribution in [0.3, 0.4) is 0 Å². The van der Waals surface area contributed by atoms with Crippen molar-refractivity contribution in [3.05, 3.63) is 35.6 Å². The van der Waals surface area contributed by atoms with Gasteiger partial charge in [0.05, 0.1) is 5.25 Å². The Labute approximate surface area is 129 Å². The molecule has 1 aromatic heterocycles. The number of hydrogen-bond acceptors (Lipinski definition) is 3. The second-order valence-corrected chi connectivity index (χ2v) is 6.08. The molecular weight excluding hydrogens is 263 g/mol. The Hall–Kier alpha value is -0.330. The first-order valence-corrected chi connectivity index (χ1v) is 7.01. The quantitative estimate of drug-likeness (QED) is 0.552. The first-order chi connectivity index (χ1) is 8.05. The van der Waals surface area contributed by atoms with Gasteiger partial charge in [-0.05, 0) is 18.9 Å². The molecule has 0 bridgehead atoms. The van der Waals surface area contributed by atoms with Crippen LogP contribution in [-0.2, 0) is 23.0 Å². The summed E-state index contributed by atoms with van der Waals surface area (Å²) >= 11 is 0. The number of fused-ring (bicyclic) bond motifs is 3. The number of aryl methyl sites for hydroxylation is 1. The Balaban J connectivity index is 0.000000902. The molecule has 1 N–H and O–H groups in total. The third-order valence-corrected chi connectivity index (χ3v) is 4.58. The van der Waals surface area contributed by atoms with Crippen LogP contribution in [0.1, 0.15) is 19.2 Å². The SMILES string of the molecule is O=S(=O)(O)C1CCc2c(oc3ccccc23)C1.[H-].[Na+]. The fourth-order valence-electron chi connectivity index (χ4n) is 2.46. The molecule has 0 saturated heterocycles. The zero-order chi connectivity index (χ0) is 12.0. The fraction of sp³-hybridized carbons (Fsp3) is 0.333. The minimum atomic E-state index is -3.97. The van der Waals surface area contributed by atoms with Crippen LogP contribution in [0, 0.1) is 0 Å². The largest absolute Gasteiger partial charge is 1.00 e. The zero-order valence-corrected chi connectivity index (χ0v) is 12.9. The van der Waals surface area contributed by atoms with E-state index < -0.39 is 15.4 Å². The van der Waals surface area contributed by atoms with Crippen molar-refractivity contribution in [3.8, 4) is 0 Å². The van der Waals surface area contributed by atoms with Crippen molar-refractivity contribution in [2.24, 2.45) is 0 Å². The maximum Gasteiger partial charge on any atom is 1.00 e. The van der Waals surface area contributed by atoms with Crippen molar-refractivity contribution in [1.29, 1.82) is 0 Å². The van der Waals surface area contributed by atoms with Crippen LogP contribution < -0.4 is 29.6 Å². The number of benzene rings is 1. The first kappa shape index (κ1) is 14.1. The van der Waals surface area contributed by atoms with Gasteiger partial charge in [-0.15, -0.1) is 0 Å². The molecule has 6 heteroatoms. The Morgan fingerprint density at radius 2 is 2.06 bits per heavy atom. The van der Waals surface area contributed by atoms with E-state index >= 15 is 0 Å². The summed E-state index contributed by atoms with van der Waals surface area (Å²) in [6, 6.07) is 7.67. The van der Waals surface area contributed by atoms with Gasteiger partial charge in [0.1, 0.15) is 11.3 Å². The van der Waals surface area contributed by atoms with Gasteiger partial charge in [-0.25, -0.2) is 0 Å². The molecular formula is C12H13NaO4S. The van der Waals surface area contributed by atoms with Gasteiger partial charge in [0.25, 0.3) is 10.1 Å². The van der Waals surface area contributed by atoms with E-state index in [1.165, 1.54) is 0 Å². The summed E-state index contributed by atoms with van der Waals surface area (Å²) in [6.07, 6.45) is 1.36. The summed E-state index contributed by atoms with van der Waals surface area (Å²) in [6.45, 7) is 0. The molecule has 4 nitrogen and oxygen atoms in total. The van der Waals surface area contributed by atoms with Crippen molar-refractivity contribution in [2.75, 3.05) is 0 Å². The molecule has 0 fully saturated rings. The van der Waals surface area contributed by atoms with Crippen LogP contribution in [0.2, 0.25) is 0 Å². The van der Waals surface area contributed by atoms with Crippen molar-refractivity contribution < 1.29 is 48.4 Å². The van der Waals surface area contributed by atoms with Gasteiger partial charge in [0.2, 0.25) is 0 Å². The van der Waals surface area contributed by atoms with Gasteiger partial charge in [-0.3, -0.25) is 4.55 Å². The smallest absolute Gasteiger partial charge is 1.00 e. The number of hydrogen-bond donors (Lipinski definition) is 1. The summed E-state index contributed by atoms with van der Waals surface area (Å²) in [4.78, 5) is 0. The third kappa shape index (κ3) is 2.38. The molecule has 92 valence electrons. The fourth-order valence-corrected chi connectivity index (χ4v) is 3.23.